The molecule has 1 aromatic rings. The predicted octanol–water partition coefficient (Wildman–Crippen LogP) is 3.83. The molecule has 0 aliphatic heterocycles. The highest BCUT2D eigenvalue weighted by molar-refractivity contribution is 5.22. The smallest absolute Gasteiger partial charge is 0.0587 e. The topological polar surface area (TPSA) is 21.3 Å². The summed E-state index contributed by atoms with van der Waals surface area (Å²) in [6.45, 7) is 9.66. The average Bonchev–Trinajstić information content (AvgIpc) is 2.43. The zero-order valence-corrected chi connectivity index (χ0v) is 13.7. The fraction of sp³-hybridized carbons (Fsp3) is 0.667. The zero-order chi connectivity index (χ0) is 14.8. The highest BCUT2D eigenvalue weighted by atomic mass is 16.5. The van der Waals surface area contributed by atoms with Crippen LogP contribution in [0.2, 0.25) is 0 Å². The Bertz CT molecular complexity index is 356. The number of nitrogens with one attached hydrogen (secondary N) is 1. The summed E-state index contributed by atoms with van der Waals surface area (Å²) in [6.07, 6.45) is 4.78. The summed E-state index contributed by atoms with van der Waals surface area (Å²) in [7, 11) is 1.75. The molecular formula is C18H31NO. The number of aryl methyl sites for hydroxylation is 2. The quantitative estimate of drug-likeness (QED) is 0.656. The Morgan fingerprint density at radius 3 is 2.20 bits per heavy atom. The van der Waals surface area contributed by atoms with Crippen LogP contribution < -0.4 is 5.32 Å². The monoisotopic (exact) mass is 277 g/mol. The van der Waals surface area contributed by atoms with Gasteiger partial charge in [-0.05, 0) is 35.8 Å². The molecular weight excluding hydrogens is 246 g/mol. The molecule has 20 heavy (non-hydrogen) atoms. The van der Waals surface area contributed by atoms with Crippen LogP contribution in [0.25, 0.3) is 0 Å². The van der Waals surface area contributed by atoms with Gasteiger partial charge in [0.2, 0.25) is 0 Å². The Balaban J connectivity index is 2.33. The SMILES string of the molecule is CCCc1ccc(CCC(C)(C)CNCCOC)cc1. The Hall–Kier alpha value is -0.860. The van der Waals surface area contributed by atoms with Crippen LogP contribution in [-0.4, -0.2) is 26.8 Å². The van der Waals surface area contributed by atoms with E-state index in [0.717, 1.165) is 26.1 Å². The highest BCUT2D eigenvalue weighted by Gasteiger charge is 2.16. The molecule has 0 atom stereocenters. The van der Waals surface area contributed by atoms with Crippen LogP contribution in [0, 0.1) is 5.41 Å². The largest absolute Gasteiger partial charge is 0.383 e. The van der Waals surface area contributed by atoms with Crippen molar-refractivity contribution in [2.75, 3.05) is 26.8 Å². The molecule has 0 saturated carbocycles. The molecule has 1 N–H and O–H groups in total. The molecule has 2 heteroatoms. The Labute approximate surface area is 124 Å². The fourth-order valence-corrected chi connectivity index (χ4v) is 2.33. The lowest BCUT2D eigenvalue weighted by Crippen LogP contribution is -2.31. The van der Waals surface area contributed by atoms with Crippen LogP contribution >= 0.6 is 0 Å². The number of methoxy groups -OCH3 is 1. The number of hydrogen-bond acceptors (Lipinski definition) is 2. The van der Waals surface area contributed by atoms with E-state index in [4.69, 9.17) is 4.74 Å². The molecule has 0 aliphatic carbocycles. The number of hydrogen-bond donors (Lipinski definition) is 1. The summed E-state index contributed by atoms with van der Waals surface area (Å²) in [5, 5.41) is 3.46. The van der Waals surface area contributed by atoms with Crippen molar-refractivity contribution in [1.82, 2.24) is 5.32 Å². The van der Waals surface area contributed by atoms with Gasteiger partial charge in [0.15, 0.2) is 0 Å². The minimum Gasteiger partial charge on any atom is -0.383 e. The molecule has 1 rings (SSSR count). The maximum atomic E-state index is 5.05. The van der Waals surface area contributed by atoms with Crippen LogP contribution in [0.15, 0.2) is 24.3 Å². The van der Waals surface area contributed by atoms with Crippen LogP contribution in [0.3, 0.4) is 0 Å². The molecule has 2 nitrogen and oxygen atoms in total. The molecule has 0 bridgehead atoms. The molecule has 0 unspecified atom stereocenters. The van der Waals surface area contributed by atoms with Crippen LogP contribution in [0.5, 0.6) is 0 Å². The van der Waals surface area contributed by atoms with Crippen LogP contribution in [-0.2, 0) is 17.6 Å². The van der Waals surface area contributed by atoms with E-state index in [-0.39, 0.29) is 0 Å². The first-order chi connectivity index (χ1) is 9.57. The van der Waals surface area contributed by atoms with Gasteiger partial charge in [-0.2, -0.15) is 0 Å². The number of ether oxygens (including phenoxy) is 1. The van der Waals surface area contributed by atoms with Crippen molar-refractivity contribution in [2.45, 2.75) is 46.5 Å². The lowest BCUT2D eigenvalue weighted by molar-refractivity contribution is 0.193. The van der Waals surface area contributed by atoms with E-state index >= 15 is 0 Å². The Kier molecular flexibility index (Phi) is 7.86. The molecule has 0 aromatic heterocycles. The summed E-state index contributed by atoms with van der Waals surface area (Å²) in [4.78, 5) is 0. The third-order valence-corrected chi connectivity index (χ3v) is 3.74. The maximum Gasteiger partial charge on any atom is 0.0587 e. The zero-order valence-electron chi connectivity index (χ0n) is 13.7. The standard InChI is InChI=1S/C18H31NO/c1-5-6-16-7-9-17(10-8-16)11-12-18(2,3)15-19-13-14-20-4/h7-10,19H,5-6,11-15H2,1-4H3. The van der Waals surface area contributed by atoms with E-state index in [0.29, 0.717) is 5.41 Å². The summed E-state index contributed by atoms with van der Waals surface area (Å²) in [5.41, 5.74) is 3.24. The number of benzene rings is 1. The van der Waals surface area contributed by atoms with Crippen molar-refractivity contribution >= 4 is 0 Å². The Morgan fingerprint density at radius 1 is 1.05 bits per heavy atom. The van der Waals surface area contributed by atoms with Crippen molar-refractivity contribution in [3.05, 3.63) is 35.4 Å². The molecule has 114 valence electrons. The van der Waals surface area contributed by atoms with Gasteiger partial charge < -0.3 is 10.1 Å². The third-order valence-electron chi connectivity index (χ3n) is 3.74. The molecule has 0 saturated heterocycles. The van der Waals surface area contributed by atoms with Crippen LogP contribution in [0.1, 0.15) is 44.7 Å². The second-order valence-corrected chi connectivity index (χ2v) is 6.40. The number of rotatable bonds is 10. The molecule has 0 aliphatic rings. The van der Waals surface area contributed by atoms with Crippen molar-refractivity contribution in [3.63, 3.8) is 0 Å². The van der Waals surface area contributed by atoms with E-state index in [1.165, 1.54) is 30.4 Å². The minimum absolute atomic E-state index is 0.329. The molecule has 0 amide bonds. The maximum absolute atomic E-state index is 5.05. The van der Waals surface area contributed by atoms with Gasteiger partial charge in [-0.1, -0.05) is 51.5 Å². The summed E-state index contributed by atoms with van der Waals surface area (Å²) in [6, 6.07) is 9.14. The van der Waals surface area contributed by atoms with E-state index in [1.807, 2.05) is 0 Å². The third kappa shape index (κ3) is 7.06. The van der Waals surface area contributed by atoms with Gasteiger partial charge in [0, 0.05) is 20.2 Å². The van der Waals surface area contributed by atoms with E-state index in [9.17, 15) is 0 Å². The fourth-order valence-electron chi connectivity index (χ4n) is 2.33. The predicted molar refractivity (Wildman–Crippen MR) is 87.3 cm³/mol. The summed E-state index contributed by atoms with van der Waals surface area (Å²) in [5.74, 6) is 0. The van der Waals surface area contributed by atoms with Gasteiger partial charge in [0.25, 0.3) is 0 Å². The lowest BCUT2D eigenvalue weighted by atomic mass is 9.86. The molecule has 1 aromatic carbocycles. The second kappa shape index (κ2) is 9.15. The Morgan fingerprint density at radius 2 is 1.65 bits per heavy atom. The van der Waals surface area contributed by atoms with Crippen molar-refractivity contribution in [1.29, 1.82) is 0 Å². The normalized spacial score (nSPS) is 11.8. The van der Waals surface area contributed by atoms with Crippen molar-refractivity contribution in [2.24, 2.45) is 5.41 Å². The summed E-state index contributed by atoms with van der Waals surface area (Å²) < 4.78 is 5.05. The molecule has 0 radical (unpaired) electrons. The van der Waals surface area contributed by atoms with Crippen LogP contribution in [0.4, 0.5) is 0 Å². The molecule has 0 spiro atoms. The van der Waals surface area contributed by atoms with E-state index in [1.54, 1.807) is 7.11 Å². The average molecular weight is 277 g/mol. The first-order valence-corrected chi connectivity index (χ1v) is 7.85. The molecule has 0 fully saturated rings. The van der Waals surface area contributed by atoms with Gasteiger partial charge in [0.1, 0.15) is 0 Å². The first kappa shape index (κ1) is 17.2. The van der Waals surface area contributed by atoms with Gasteiger partial charge in [-0.25, -0.2) is 0 Å². The van der Waals surface area contributed by atoms with Gasteiger partial charge in [-0.3, -0.25) is 0 Å². The minimum atomic E-state index is 0.329. The lowest BCUT2D eigenvalue weighted by Gasteiger charge is -2.25. The van der Waals surface area contributed by atoms with Gasteiger partial charge in [0.05, 0.1) is 6.61 Å². The second-order valence-electron chi connectivity index (χ2n) is 6.40. The first-order valence-electron chi connectivity index (χ1n) is 7.85. The van der Waals surface area contributed by atoms with Crippen molar-refractivity contribution < 1.29 is 4.74 Å². The van der Waals surface area contributed by atoms with Crippen molar-refractivity contribution in [3.8, 4) is 0 Å². The summed E-state index contributed by atoms with van der Waals surface area (Å²) >= 11 is 0. The highest BCUT2D eigenvalue weighted by Crippen LogP contribution is 2.22. The van der Waals surface area contributed by atoms with E-state index in [2.05, 4.69) is 50.4 Å². The van der Waals surface area contributed by atoms with Gasteiger partial charge >= 0.3 is 0 Å². The van der Waals surface area contributed by atoms with Gasteiger partial charge in [-0.15, -0.1) is 0 Å². The van der Waals surface area contributed by atoms with E-state index < -0.39 is 0 Å². The molecule has 0 heterocycles.